The number of urea groups is 1. The number of likely N-dealkylation sites (tertiary alicyclic amines) is 1. The smallest absolute Gasteiger partial charge is 0.322 e. The minimum atomic E-state index is -0.429. The van der Waals surface area contributed by atoms with Crippen LogP contribution in [0.1, 0.15) is 35.7 Å². The van der Waals surface area contributed by atoms with E-state index in [1.807, 2.05) is 13.8 Å². The first-order valence-electron chi connectivity index (χ1n) is 8.52. The molecule has 0 radical (unpaired) electrons. The summed E-state index contributed by atoms with van der Waals surface area (Å²) in [4.78, 5) is 40.0. The average molecular weight is 346 g/mol. The molecule has 4 amide bonds. The first-order valence-corrected chi connectivity index (χ1v) is 8.52. The van der Waals surface area contributed by atoms with Crippen molar-refractivity contribution in [3.63, 3.8) is 0 Å². The predicted molar refractivity (Wildman–Crippen MR) is 96.6 cm³/mol. The normalized spacial score (nSPS) is 16.5. The van der Waals surface area contributed by atoms with E-state index in [1.54, 1.807) is 37.2 Å². The van der Waals surface area contributed by atoms with E-state index >= 15 is 0 Å². The molecule has 1 aromatic carbocycles. The Bertz CT molecular complexity index is 672. The monoisotopic (exact) mass is 346 g/mol. The summed E-state index contributed by atoms with van der Waals surface area (Å²) in [6.45, 7) is 4.80. The number of likely N-dealkylation sites (N-methyl/N-ethyl adjacent to an activating group) is 1. The second-order valence-electron chi connectivity index (χ2n) is 6.40. The van der Waals surface area contributed by atoms with Crippen LogP contribution in [0.5, 0.6) is 0 Å². The molecule has 0 unspecified atom stereocenters. The molecule has 2 N–H and O–H groups in total. The third-order valence-corrected chi connectivity index (χ3v) is 4.32. The van der Waals surface area contributed by atoms with Crippen molar-refractivity contribution in [2.45, 2.75) is 32.7 Å². The Balaban J connectivity index is 2.15. The zero-order chi connectivity index (χ0) is 18.6. The van der Waals surface area contributed by atoms with Crippen molar-refractivity contribution < 1.29 is 14.4 Å². The summed E-state index contributed by atoms with van der Waals surface area (Å²) in [5, 5.41) is 5.59. The molecule has 1 fully saturated rings. The molecule has 2 rings (SSSR count). The zero-order valence-corrected chi connectivity index (χ0v) is 15.3. The molecule has 0 aliphatic carbocycles. The number of carbonyl (C=O) groups excluding carboxylic acids is 3. The van der Waals surface area contributed by atoms with Crippen molar-refractivity contribution in [1.82, 2.24) is 15.1 Å². The van der Waals surface area contributed by atoms with Crippen molar-refractivity contribution in [2.75, 3.05) is 32.5 Å². The van der Waals surface area contributed by atoms with Crippen LogP contribution < -0.4 is 10.6 Å². The molecular weight excluding hydrogens is 320 g/mol. The number of carbonyl (C=O) groups is 3. The molecule has 1 saturated heterocycles. The van der Waals surface area contributed by atoms with Gasteiger partial charge in [-0.15, -0.1) is 0 Å². The van der Waals surface area contributed by atoms with Crippen molar-refractivity contribution in [3.05, 3.63) is 29.3 Å². The van der Waals surface area contributed by atoms with Crippen LogP contribution in [-0.4, -0.2) is 60.9 Å². The van der Waals surface area contributed by atoms with E-state index in [4.69, 9.17) is 0 Å². The van der Waals surface area contributed by atoms with E-state index in [9.17, 15) is 14.4 Å². The summed E-state index contributed by atoms with van der Waals surface area (Å²) in [7, 11) is 3.38. The quantitative estimate of drug-likeness (QED) is 0.873. The van der Waals surface area contributed by atoms with Crippen LogP contribution in [0, 0.1) is 6.92 Å². The lowest BCUT2D eigenvalue weighted by Crippen LogP contribution is -2.47. The Morgan fingerprint density at radius 1 is 1.28 bits per heavy atom. The van der Waals surface area contributed by atoms with Gasteiger partial charge < -0.3 is 20.4 Å². The van der Waals surface area contributed by atoms with Crippen LogP contribution in [-0.2, 0) is 4.79 Å². The van der Waals surface area contributed by atoms with Gasteiger partial charge in [-0.25, -0.2) is 4.79 Å². The minimum Gasteiger partial charge on any atom is -0.352 e. The lowest BCUT2D eigenvalue weighted by Gasteiger charge is -2.26. The van der Waals surface area contributed by atoms with E-state index < -0.39 is 6.04 Å². The van der Waals surface area contributed by atoms with Crippen LogP contribution in [0.3, 0.4) is 0 Å². The summed E-state index contributed by atoms with van der Waals surface area (Å²) in [6, 6.07) is 4.45. The van der Waals surface area contributed by atoms with Crippen LogP contribution in [0.15, 0.2) is 18.2 Å². The van der Waals surface area contributed by atoms with E-state index in [0.29, 0.717) is 30.8 Å². The standard InChI is InChI=1S/C18H26N4O3/c1-5-19-16(23)13-9-8-12(2)14(11-13)20-18(25)22-10-6-7-15(22)17(24)21(3)4/h8-9,11,15H,5-7,10H2,1-4H3,(H,19,23)(H,20,25)/t15-/m1/s1. The van der Waals surface area contributed by atoms with E-state index in [1.165, 1.54) is 4.90 Å². The molecule has 1 atom stereocenters. The number of nitrogens with one attached hydrogen (secondary N) is 2. The van der Waals surface area contributed by atoms with E-state index in [0.717, 1.165) is 12.0 Å². The molecule has 7 heteroatoms. The topological polar surface area (TPSA) is 81.8 Å². The van der Waals surface area contributed by atoms with Gasteiger partial charge >= 0.3 is 6.03 Å². The van der Waals surface area contributed by atoms with Crippen molar-refractivity contribution in [1.29, 1.82) is 0 Å². The summed E-state index contributed by atoms with van der Waals surface area (Å²) in [5.41, 5.74) is 1.93. The molecule has 7 nitrogen and oxygen atoms in total. The molecule has 1 aliphatic heterocycles. The molecule has 0 aromatic heterocycles. The van der Waals surface area contributed by atoms with Gasteiger partial charge in [0.15, 0.2) is 0 Å². The fourth-order valence-electron chi connectivity index (χ4n) is 2.91. The van der Waals surface area contributed by atoms with Gasteiger partial charge in [0, 0.05) is 38.4 Å². The highest BCUT2D eigenvalue weighted by molar-refractivity contribution is 5.98. The number of benzene rings is 1. The van der Waals surface area contributed by atoms with Gasteiger partial charge in [-0.2, -0.15) is 0 Å². The van der Waals surface area contributed by atoms with Gasteiger partial charge in [-0.05, 0) is 44.4 Å². The zero-order valence-electron chi connectivity index (χ0n) is 15.3. The van der Waals surface area contributed by atoms with E-state index in [2.05, 4.69) is 10.6 Å². The van der Waals surface area contributed by atoms with Crippen molar-refractivity contribution in [3.8, 4) is 0 Å². The molecule has 136 valence electrons. The van der Waals surface area contributed by atoms with E-state index in [-0.39, 0.29) is 17.8 Å². The lowest BCUT2D eigenvalue weighted by atomic mass is 10.1. The Hall–Kier alpha value is -2.57. The maximum absolute atomic E-state index is 12.7. The number of anilines is 1. The third-order valence-electron chi connectivity index (χ3n) is 4.32. The summed E-state index contributed by atoms with van der Waals surface area (Å²) >= 11 is 0. The van der Waals surface area contributed by atoms with Crippen LogP contribution in [0.2, 0.25) is 0 Å². The number of nitrogens with zero attached hydrogens (tertiary/aromatic N) is 2. The fraction of sp³-hybridized carbons (Fsp3) is 0.500. The van der Waals surface area contributed by atoms with Crippen molar-refractivity contribution in [2.24, 2.45) is 0 Å². The number of aryl methyl sites for hydroxylation is 1. The second-order valence-corrected chi connectivity index (χ2v) is 6.40. The Labute approximate surface area is 148 Å². The van der Waals surface area contributed by atoms with Crippen LogP contribution in [0.25, 0.3) is 0 Å². The number of rotatable bonds is 4. The lowest BCUT2D eigenvalue weighted by molar-refractivity contribution is -0.132. The first kappa shape index (κ1) is 18.8. The molecule has 1 aromatic rings. The summed E-state index contributed by atoms with van der Waals surface area (Å²) in [6.07, 6.45) is 1.47. The highest BCUT2D eigenvalue weighted by Crippen LogP contribution is 2.22. The van der Waals surface area contributed by atoms with Gasteiger partial charge in [-0.3, -0.25) is 9.59 Å². The summed E-state index contributed by atoms with van der Waals surface area (Å²) < 4.78 is 0. The maximum atomic E-state index is 12.7. The SMILES string of the molecule is CCNC(=O)c1ccc(C)c(NC(=O)N2CCC[C@@H]2C(=O)N(C)C)c1. The fourth-order valence-corrected chi connectivity index (χ4v) is 2.91. The molecule has 25 heavy (non-hydrogen) atoms. The molecule has 0 spiro atoms. The van der Waals surface area contributed by atoms with Crippen LogP contribution in [0.4, 0.5) is 10.5 Å². The largest absolute Gasteiger partial charge is 0.352 e. The van der Waals surface area contributed by atoms with Gasteiger partial charge in [0.1, 0.15) is 6.04 Å². The number of hydrogen-bond acceptors (Lipinski definition) is 3. The minimum absolute atomic E-state index is 0.0690. The first-order chi connectivity index (χ1) is 11.8. The molecule has 0 saturated carbocycles. The highest BCUT2D eigenvalue weighted by Gasteiger charge is 2.35. The average Bonchev–Trinajstić information content (AvgIpc) is 3.05. The Morgan fingerprint density at radius 2 is 2.00 bits per heavy atom. The number of amides is 4. The molecule has 1 aliphatic rings. The van der Waals surface area contributed by atoms with Gasteiger partial charge in [0.25, 0.3) is 5.91 Å². The van der Waals surface area contributed by atoms with Crippen molar-refractivity contribution >= 4 is 23.5 Å². The highest BCUT2D eigenvalue weighted by atomic mass is 16.2. The molecular formula is C18H26N4O3. The Morgan fingerprint density at radius 3 is 2.64 bits per heavy atom. The maximum Gasteiger partial charge on any atom is 0.322 e. The third kappa shape index (κ3) is 4.29. The second kappa shape index (κ2) is 8.00. The van der Waals surface area contributed by atoms with Gasteiger partial charge in [0.2, 0.25) is 5.91 Å². The molecule has 0 bridgehead atoms. The summed E-state index contributed by atoms with van der Waals surface area (Å²) in [5.74, 6) is -0.250. The van der Waals surface area contributed by atoms with Crippen LogP contribution >= 0.6 is 0 Å². The molecule has 1 heterocycles. The Kier molecular flexibility index (Phi) is 6.01. The van der Waals surface area contributed by atoms with Gasteiger partial charge in [0.05, 0.1) is 0 Å². The van der Waals surface area contributed by atoms with Gasteiger partial charge in [-0.1, -0.05) is 6.07 Å². The number of hydrogen-bond donors (Lipinski definition) is 2. The predicted octanol–water partition coefficient (Wildman–Crippen LogP) is 1.83.